The minimum Gasteiger partial charge on any atom is -0.315 e. The first-order chi connectivity index (χ1) is 7.64. The van der Waals surface area contributed by atoms with E-state index in [1.54, 1.807) is 0 Å². The average Bonchev–Trinajstić information content (AvgIpc) is 2.43. The zero-order chi connectivity index (χ0) is 11.6. The van der Waals surface area contributed by atoms with Crippen molar-refractivity contribution in [2.75, 3.05) is 26.7 Å². The molecular weight excluding hydrogens is 264 g/mol. The van der Waals surface area contributed by atoms with E-state index in [9.17, 15) is 0 Å². The number of hydrogen-bond donors (Lipinski definition) is 1. The van der Waals surface area contributed by atoms with E-state index >= 15 is 0 Å². The Kier molecular flexibility index (Phi) is 3.67. The van der Waals surface area contributed by atoms with Crippen molar-refractivity contribution in [1.29, 1.82) is 0 Å². The maximum Gasteiger partial charge on any atom is 0.0566 e. The minimum absolute atomic E-state index is 0.0800. The Hall–Kier alpha value is -0.380. The van der Waals surface area contributed by atoms with Crippen LogP contribution in [0.1, 0.15) is 18.9 Å². The number of likely N-dealkylation sites (N-methyl/N-ethyl adjacent to an activating group) is 1. The quantitative estimate of drug-likeness (QED) is 0.852. The van der Waals surface area contributed by atoms with Gasteiger partial charge >= 0.3 is 0 Å². The van der Waals surface area contributed by atoms with Crippen LogP contribution in [0.25, 0.3) is 0 Å². The van der Waals surface area contributed by atoms with E-state index in [0.29, 0.717) is 0 Å². The summed E-state index contributed by atoms with van der Waals surface area (Å²) in [7, 11) is 2.21. The second kappa shape index (κ2) is 4.86. The summed E-state index contributed by atoms with van der Waals surface area (Å²) in [6.45, 7) is 5.58. The van der Waals surface area contributed by atoms with Gasteiger partial charge in [0.2, 0.25) is 0 Å². The van der Waals surface area contributed by atoms with Crippen molar-refractivity contribution in [3.63, 3.8) is 0 Å². The summed E-state index contributed by atoms with van der Waals surface area (Å²) >= 11 is 3.67. The molecule has 1 aliphatic heterocycles. The molecule has 1 heterocycles. The molecule has 3 heteroatoms. The van der Waals surface area contributed by atoms with E-state index in [4.69, 9.17) is 0 Å². The van der Waals surface area contributed by atoms with E-state index < -0.39 is 0 Å². The normalized spacial score (nSPS) is 27.7. The lowest BCUT2D eigenvalue weighted by Crippen LogP contribution is -2.46. The molecule has 0 spiro atoms. The summed E-state index contributed by atoms with van der Waals surface area (Å²) in [6.07, 6.45) is 1.22. The first-order valence-electron chi connectivity index (χ1n) is 5.81. The second-order valence-corrected chi connectivity index (χ2v) is 5.56. The molecule has 2 nitrogen and oxygen atoms in total. The van der Waals surface area contributed by atoms with Crippen LogP contribution in [0.15, 0.2) is 28.7 Å². The van der Waals surface area contributed by atoms with Crippen LogP contribution in [-0.4, -0.2) is 31.6 Å². The number of benzene rings is 1. The Morgan fingerprint density at radius 2 is 2.12 bits per heavy atom. The molecule has 16 heavy (non-hydrogen) atoms. The smallest absolute Gasteiger partial charge is 0.0566 e. The van der Waals surface area contributed by atoms with Crippen molar-refractivity contribution >= 4 is 15.9 Å². The molecule has 1 N–H and O–H groups in total. The van der Waals surface area contributed by atoms with E-state index in [1.807, 2.05) is 0 Å². The third kappa shape index (κ3) is 2.17. The van der Waals surface area contributed by atoms with E-state index in [2.05, 4.69) is 64.4 Å². The van der Waals surface area contributed by atoms with Gasteiger partial charge in [-0.15, -0.1) is 0 Å². The van der Waals surface area contributed by atoms with Crippen molar-refractivity contribution in [3.05, 3.63) is 34.3 Å². The molecule has 0 bridgehead atoms. The van der Waals surface area contributed by atoms with Crippen molar-refractivity contribution in [1.82, 2.24) is 10.2 Å². The fraction of sp³-hybridized carbons (Fsp3) is 0.538. The monoisotopic (exact) mass is 282 g/mol. The molecule has 1 aliphatic rings. The van der Waals surface area contributed by atoms with Crippen molar-refractivity contribution in [2.24, 2.45) is 0 Å². The fourth-order valence-corrected chi connectivity index (χ4v) is 3.07. The van der Waals surface area contributed by atoms with Crippen LogP contribution in [0.2, 0.25) is 0 Å². The van der Waals surface area contributed by atoms with Gasteiger partial charge in [0.25, 0.3) is 0 Å². The number of nitrogens with zero attached hydrogens (tertiary/aromatic N) is 1. The summed E-state index contributed by atoms with van der Waals surface area (Å²) in [5.41, 5.74) is 1.45. The van der Waals surface area contributed by atoms with Crippen LogP contribution in [0.5, 0.6) is 0 Å². The zero-order valence-electron chi connectivity index (χ0n) is 9.96. The average molecular weight is 283 g/mol. The molecule has 0 radical (unpaired) electrons. The molecule has 1 aromatic rings. The molecule has 1 atom stereocenters. The van der Waals surface area contributed by atoms with Crippen molar-refractivity contribution in [2.45, 2.75) is 18.9 Å². The zero-order valence-corrected chi connectivity index (χ0v) is 11.5. The Morgan fingerprint density at radius 1 is 1.38 bits per heavy atom. The van der Waals surface area contributed by atoms with Gasteiger partial charge in [0.1, 0.15) is 0 Å². The highest BCUT2D eigenvalue weighted by Crippen LogP contribution is 2.33. The van der Waals surface area contributed by atoms with Gasteiger partial charge in [0.05, 0.1) is 5.54 Å². The molecule has 1 saturated heterocycles. The first-order valence-corrected chi connectivity index (χ1v) is 6.61. The van der Waals surface area contributed by atoms with Crippen LogP contribution in [0.3, 0.4) is 0 Å². The molecule has 2 rings (SSSR count). The Balaban J connectivity index is 2.39. The number of nitrogens with one attached hydrogen (secondary N) is 1. The lowest BCUT2D eigenvalue weighted by Gasteiger charge is -2.38. The first kappa shape index (κ1) is 12.1. The molecule has 0 aromatic heterocycles. The topological polar surface area (TPSA) is 15.3 Å². The predicted molar refractivity (Wildman–Crippen MR) is 71.6 cm³/mol. The minimum atomic E-state index is 0.0800. The highest BCUT2D eigenvalue weighted by Gasteiger charge is 2.33. The Bertz CT molecular complexity index is 367. The van der Waals surface area contributed by atoms with Gasteiger partial charge in [-0.2, -0.15) is 0 Å². The molecule has 0 saturated carbocycles. The Morgan fingerprint density at radius 3 is 2.88 bits per heavy atom. The molecule has 1 fully saturated rings. The molecular formula is C13H19BrN2. The standard InChI is InChI=1S/C13H19BrN2/c1-13(10-15-8-5-9-16(13)2)11-6-3-4-7-12(11)14/h3-4,6-7,15H,5,8-10H2,1-2H3. The van der Waals surface area contributed by atoms with Crippen molar-refractivity contribution in [3.8, 4) is 0 Å². The van der Waals surface area contributed by atoms with Crippen LogP contribution in [0.4, 0.5) is 0 Å². The highest BCUT2D eigenvalue weighted by molar-refractivity contribution is 9.10. The van der Waals surface area contributed by atoms with Gasteiger partial charge < -0.3 is 5.32 Å². The SMILES string of the molecule is CN1CCCNCC1(C)c1ccccc1Br. The van der Waals surface area contributed by atoms with Crippen LogP contribution in [-0.2, 0) is 5.54 Å². The van der Waals surface area contributed by atoms with Gasteiger partial charge in [-0.1, -0.05) is 34.1 Å². The van der Waals surface area contributed by atoms with Crippen LogP contribution >= 0.6 is 15.9 Å². The molecule has 88 valence electrons. The van der Waals surface area contributed by atoms with Gasteiger partial charge in [-0.3, -0.25) is 4.90 Å². The summed E-state index contributed by atoms with van der Waals surface area (Å²) in [4.78, 5) is 2.45. The largest absolute Gasteiger partial charge is 0.315 e. The third-order valence-electron chi connectivity index (χ3n) is 3.61. The van der Waals surface area contributed by atoms with Gasteiger partial charge in [0, 0.05) is 11.0 Å². The highest BCUT2D eigenvalue weighted by atomic mass is 79.9. The second-order valence-electron chi connectivity index (χ2n) is 4.71. The molecule has 1 aromatic carbocycles. The summed E-state index contributed by atoms with van der Waals surface area (Å²) < 4.78 is 1.20. The molecule has 0 amide bonds. The lowest BCUT2D eigenvalue weighted by atomic mass is 9.90. The molecule has 0 aliphatic carbocycles. The number of halogens is 1. The maximum atomic E-state index is 3.67. The third-order valence-corrected chi connectivity index (χ3v) is 4.30. The van der Waals surface area contributed by atoms with E-state index in [1.165, 1.54) is 16.5 Å². The lowest BCUT2D eigenvalue weighted by molar-refractivity contribution is 0.151. The maximum absolute atomic E-state index is 3.67. The van der Waals surface area contributed by atoms with Crippen LogP contribution < -0.4 is 5.32 Å². The fourth-order valence-electron chi connectivity index (χ4n) is 2.35. The Labute approximate surface area is 106 Å². The van der Waals surface area contributed by atoms with E-state index in [0.717, 1.165) is 19.6 Å². The van der Waals surface area contributed by atoms with Gasteiger partial charge in [-0.05, 0) is 45.1 Å². The number of hydrogen-bond acceptors (Lipinski definition) is 2. The summed E-state index contributed by atoms with van der Waals surface area (Å²) in [5, 5.41) is 3.53. The van der Waals surface area contributed by atoms with Crippen molar-refractivity contribution < 1.29 is 0 Å². The van der Waals surface area contributed by atoms with E-state index in [-0.39, 0.29) is 5.54 Å². The van der Waals surface area contributed by atoms with Gasteiger partial charge in [-0.25, -0.2) is 0 Å². The predicted octanol–water partition coefficient (Wildman–Crippen LogP) is 2.59. The van der Waals surface area contributed by atoms with Gasteiger partial charge in [0.15, 0.2) is 0 Å². The summed E-state index contributed by atoms with van der Waals surface area (Å²) in [5.74, 6) is 0. The molecule has 1 unspecified atom stereocenters. The number of rotatable bonds is 1. The summed E-state index contributed by atoms with van der Waals surface area (Å²) in [6, 6.07) is 8.53. The van der Waals surface area contributed by atoms with Crippen LogP contribution in [0, 0.1) is 0 Å².